The van der Waals surface area contributed by atoms with Crippen molar-refractivity contribution >= 4 is 44.4 Å². The minimum absolute atomic E-state index is 0.0141. The highest BCUT2D eigenvalue weighted by atomic mass is 127. The van der Waals surface area contributed by atoms with Gasteiger partial charge in [-0.25, -0.2) is 0 Å². The summed E-state index contributed by atoms with van der Waals surface area (Å²) in [7, 11) is 0. The molecule has 1 unspecified atom stereocenters. The van der Waals surface area contributed by atoms with Gasteiger partial charge in [0.2, 0.25) is 0 Å². The molecular formula is C16H13BrINO. The molecule has 0 aromatic heterocycles. The number of hydrogen-bond acceptors (Lipinski definition) is 1. The average Bonchev–Trinajstić information content (AvgIpc) is 2.42. The SMILES string of the molecule is O=C(NCC1Cc2ccccc21)c1cc(I)ccc1Br. The summed E-state index contributed by atoms with van der Waals surface area (Å²) < 4.78 is 1.90. The topological polar surface area (TPSA) is 29.1 Å². The third-order valence-electron chi connectivity index (χ3n) is 3.64. The Hall–Kier alpha value is -0.880. The number of benzene rings is 2. The van der Waals surface area contributed by atoms with Crippen molar-refractivity contribution in [2.24, 2.45) is 0 Å². The summed E-state index contributed by atoms with van der Waals surface area (Å²) in [6.45, 7) is 0.702. The second-order valence-corrected chi connectivity index (χ2v) is 7.03. The van der Waals surface area contributed by atoms with Gasteiger partial charge in [0.1, 0.15) is 0 Å². The Morgan fingerprint density at radius 2 is 2.10 bits per heavy atom. The van der Waals surface area contributed by atoms with E-state index in [0.29, 0.717) is 18.0 Å². The second kappa shape index (κ2) is 5.85. The van der Waals surface area contributed by atoms with E-state index in [1.165, 1.54) is 11.1 Å². The third-order valence-corrected chi connectivity index (χ3v) is 5.01. The lowest BCUT2D eigenvalue weighted by molar-refractivity contribution is 0.0949. The largest absolute Gasteiger partial charge is 0.351 e. The van der Waals surface area contributed by atoms with Crippen molar-refractivity contribution < 1.29 is 4.79 Å². The van der Waals surface area contributed by atoms with E-state index in [0.717, 1.165) is 14.5 Å². The van der Waals surface area contributed by atoms with Gasteiger partial charge in [0.05, 0.1) is 5.56 Å². The van der Waals surface area contributed by atoms with Crippen LogP contribution in [0.2, 0.25) is 0 Å². The minimum atomic E-state index is -0.0141. The number of nitrogens with one attached hydrogen (secondary N) is 1. The number of hydrogen-bond donors (Lipinski definition) is 1. The summed E-state index contributed by atoms with van der Waals surface area (Å²) in [5.41, 5.74) is 3.47. The molecule has 2 nitrogen and oxygen atoms in total. The van der Waals surface area contributed by atoms with Crippen LogP contribution in [0.1, 0.15) is 27.4 Å². The highest BCUT2D eigenvalue weighted by molar-refractivity contribution is 14.1. The van der Waals surface area contributed by atoms with E-state index in [1.54, 1.807) is 0 Å². The van der Waals surface area contributed by atoms with Gasteiger partial charge >= 0.3 is 0 Å². The lowest BCUT2D eigenvalue weighted by Crippen LogP contribution is -2.33. The first-order chi connectivity index (χ1) is 9.65. The molecular weight excluding hydrogens is 429 g/mol. The zero-order chi connectivity index (χ0) is 14.1. The molecule has 3 rings (SSSR count). The van der Waals surface area contributed by atoms with Gasteiger partial charge in [0, 0.05) is 20.5 Å². The van der Waals surface area contributed by atoms with E-state index in [9.17, 15) is 4.79 Å². The van der Waals surface area contributed by atoms with E-state index in [1.807, 2.05) is 18.2 Å². The number of carbonyl (C=O) groups excluding carboxylic acids is 1. The lowest BCUT2D eigenvalue weighted by atomic mass is 9.77. The summed E-state index contributed by atoms with van der Waals surface area (Å²) in [5, 5.41) is 3.04. The molecule has 0 heterocycles. The standard InChI is InChI=1S/C16H13BrINO/c17-15-6-5-12(18)8-14(15)16(20)19-9-11-7-10-3-1-2-4-13(10)11/h1-6,8,11H,7,9H2,(H,19,20). The van der Waals surface area contributed by atoms with Crippen LogP contribution in [-0.4, -0.2) is 12.5 Å². The molecule has 1 aliphatic carbocycles. The maximum absolute atomic E-state index is 12.2. The van der Waals surface area contributed by atoms with E-state index in [2.05, 4.69) is 68.1 Å². The molecule has 1 N–H and O–H groups in total. The molecule has 1 amide bonds. The molecule has 4 heteroatoms. The quantitative estimate of drug-likeness (QED) is 0.713. The van der Waals surface area contributed by atoms with Gasteiger partial charge in [-0.05, 0) is 74.3 Å². The van der Waals surface area contributed by atoms with Gasteiger partial charge in [0.25, 0.3) is 5.91 Å². The molecule has 20 heavy (non-hydrogen) atoms. The van der Waals surface area contributed by atoms with Crippen LogP contribution in [0, 0.1) is 3.57 Å². The van der Waals surface area contributed by atoms with Crippen molar-refractivity contribution in [3.8, 4) is 0 Å². The molecule has 1 aliphatic rings. The van der Waals surface area contributed by atoms with Crippen LogP contribution in [0.25, 0.3) is 0 Å². The Morgan fingerprint density at radius 3 is 2.90 bits per heavy atom. The van der Waals surface area contributed by atoms with Crippen LogP contribution in [0.4, 0.5) is 0 Å². The van der Waals surface area contributed by atoms with Crippen LogP contribution in [0.15, 0.2) is 46.9 Å². The Kier molecular flexibility index (Phi) is 4.12. The third kappa shape index (κ3) is 2.76. The summed E-state index contributed by atoms with van der Waals surface area (Å²) in [6, 6.07) is 14.2. The van der Waals surface area contributed by atoms with Gasteiger partial charge in [-0.15, -0.1) is 0 Å². The van der Waals surface area contributed by atoms with Gasteiger partial charge in [-0.1, -0.05) is 24.3 Å². The van der Waals surface area contributed by atoms with E-state index in [4.69, 9.17) is 0 Å². The van der Waals surface area contributed by atoms with Crippen LogP contribution >= 0.6 is 38.5 Å². The Balaban J connectivity index is 1.65. The predicted octanol–water partition coefficient (Wildman–Crippen LogP) is 4.12. The summed E-state index contributed by atoms with van der Waals surface area (Å²) in [4.78, 5) is 12.2. The highest BCUT2D eigenvalue weighted by Gasteiger charge is 2.25. The van der Waals surface area contributed by atoms with Gasteiger partial charge < -0.3 is 5.32 Å². The molecule has 0 spiro atoms. The zero-order valence-electron chi connectivity index (χ0n) is 10.7. The second-order valence-electron chi connectivity index (χ2n) is 4.93. The van der Waals surface area contributed by atoms with Crippen LogP contribution in [-0.2, 0) is 6.42 Å². The molecule has 2 aromatic carbocycles. The van der Waals surface area contributed by atoms with Crippen LogP contribution in [0.3, 0.4) is 0 Å². The summed E-state index contributed by atoms with van der Waals surface area (Å²) >= 11 is 5.65. The molecule has 102 valence electrons. The first-order valence-electron chi connectivity index (χ1n) is 6.46. The monoisotopic (exact) mass is 441 g/mol. The molecule has 0 saturated heterocycles. The summed E-state index contributed by atoms with van der Waals surface area (Å²) in [6.07, 6.45) is 1.06. The number of amides is 1. The molecule has 0 aliphatic heterocycles. The molecule has 1 atom stereocenters. The number of rotatable bonds is 3. The fourth-order valence-electron chi connectivity index (χ4n) is 2.53. The first-order valence-corrected chi connectivity index (χ1v) is 8.33. The Bertz CT molecular complexity index is 671. The Morgan fingerprint density at radius 1 is 1.30 bits per heavy atom. The molecule has 2 aromatic rings. The normalized spacial score (nSPS) is 16.2. The van der Waals surface area contributed by atoms with Crippen LogP contribution < -0.4 is 5.32 Å². The number of halogens is 2. The van der Waals surface area contributed by atoms with E-state index >= 15 is 0 Å². The Labute approximate surface area is 140 Å². The molecule has 0 radical (unpaired) electrons. The maximum Gasteiger partial charge on any atom is 0.252 e. The van der Waals surface area contributed by atoms with Crippen molar-refractivity contribution in [1.29, 1.82) is 0 Å². The van der Waals surface area contributed by atoms with E-state index < -0.39 is 0 Å². The van der Waals surface area contributed by atoms with Crippen molar-refractivity contribution in [3.63, 3.8) is 0 Å². The number of carbonyl (C=O) groups is 1. The van der Waals surface area contributed by atoms with Crippen molar-refractivity contribution in [2.45, 2.75) is 12.3 Å². The fourth-order valence-corrected chi connectivity index (χ4v) is 3.45. The predicted molar refractivity (Wildman–Crippen MR) is 92.1 cm³/mol. The van der Waals surface area contributed by atoms with Gasteiger partial charge in [-0.3, -0.25) is 4.79 Å². The van der Waals surface area contributed by atoms with Gasteiger partial charge in [-0.2, -0.15) is 0 Å². The smallest absolute Gasteiger partial charge is 0.252 e. The zero-order valence-corrected chi connectivity index (χ0v) is 14.4. The average molecular weight is 442 g/mol. The minimum Gasteiger partial charge on any atom is -0.351 e. The fraction of sp³-hybridized carbons (Fsp3) is 0.188. The highest BCUT2D eigenvalue weighted by Crippen LogP contribution is 2.34. The van der Waals surface area contributed by atoms with Crippen molar-refractivity contribution in [2.75, 3.05) is 6.54 Å². The lowest BCUT2D eigenvalue weighted by Gasteiger charge is -2.30. The first kappa shape index (κ1) is 14.1. The van der Waals surface area contributed by atoms with Gasteiger partial charge in [0.15, 0.2) is 0 Å². The molecule has 0 bridgehead atoms. The molecule has 0 fully saturated rings. The number of fused-ring (bicyclic) bond motifs is 1. The van der Waals surface area contributed by atoms with Crippen molar-refractivity contribution in [3.05, 3.63) is 67.2 Å². The van der Waals surface area contributed by atoms with Crippen molar-refractivity contribution in [1.82, 2.24) is 5.32 Å². The van der Waals surface area contributed by atoms with Crippen LogP contribution in [0.5, 0.6) is 0 Å². The maximum atomic E-state index is 12.2. The summed E-state index contributed by atoms with van der Waals surface area (Å²) in [5.74, 6) is 0.441. The molecule has 0 saturated carbocycles. The van der Waals surface area contributed by atoms with E-state index in [-0.39, 0.29) is 5.91 Å².